The van der Waals surface area contributed by atoms with Crippen molar-refractivity contribution in [1.82, 2.24) is 9.55 Å². The zero-order chi connectivity index (χ0) is 22.0. The van der Waals surface area contributed by atoms with Crippen LogP contribution < -0.4 is 10.9 Å². The molecular weight excluding hydrogens is 426 g/mol. The van der Waals surface area contributed by atoms with Gasteiger partial charge in [0.1, 0.15) is 4.70 Å². The molecule has 31 heavy (non-hydrogen) atoms. The lowest BCUT2D eigenvalue weighted by Crippen LogP contribution is -2.22. The third-order valence-electron chi connectivity index (χ3n) is 5.10. The maximum atomic E-state index is 13.0. The quantitative estimate of drug-likeness (QED) is 0.312. The van der Waals surface area contributed by atoms with Crippen LogP contribution >= 0.6 is 23.1 Å². The molecule has 0 fully saturated rings. The first-order chi connectivity index (χ1) is 15.0. The second-order valence-electron chi connectivity index (χ2n) is 7.27. The van der Waals surface area contributed by atoms with E-state index in [1.165, 1.54) is 28.7 Å². The number of anilines is 1. The molecule has 2 aromatic carbocycles. The first-order valence-electron chi connectivity index (χ1n) is 10.1. The molecule has 4 aromatic rings. The fourth-order valence-electron chi connectivity index (χ4n) is 3.27. The van der Waals surface area contributed by atoms with E-state index in [1.807, 2.05) is 75.4 Å². The summed E-state index contributed by atoms with van der Waals surface area (Å²) >= 11 is 2.74. The fraction of sp³-hybridized carbons (Fsp3) is 0.208. The Kier molecular flexibility index (Phi) is 6.25. The Bertz CT molecular complexity index is 1310. The molecule has 0 aliphatic heterocycles. The van der Waals surface area contributed by atoms with E-state index in [0.717, 1.165) is 21.7 Å². The Morgan fingerprint density at radius 3 is 2.58 bits per heavy atom. The number of aromatic nitrogens is 2. The number of hydrogen-bond donors (Lipinski definition) is 1. The average molecular weight is 450 g/mol. The van der Waals surface area contributed by atoms with E-state index >= 15 is 0 Å². The number of benzene rings is 2. The van der Waals surface area contributed by atoms with Crippen molar-refractivity contribution in [3.63, 3.8) is 0 Å². The van der Waals surface area contributed by atoms with E-state index in [0.29, 0.717) is 21.9 Å². The lowest BCUT2D eigenvalue weighted by Gasteiger charge is -2.10. The molecule has 0 saturated carbocycles. The fourth-order valence-corrected chi connectivity index (χ4v) is 5.18. The van der Waals surface area contributed by atoms with Crippen LogP contribution in [-0.4, -0.2) is 21.2 Å². The number of thiophene rings is 1. The third kappa shape index (κ3) is 4.57. The monoisotopic (exact) mass is 449 g/mol. The molecule has 0 aliphatic carbocycles. The van der Waals surface area contributed by atoms with Crippen molar-refractivity contribution < 1.29 is 4.79 Å². The van der Waals surface area contributed by atoms with Gasteiger partial charge < -0.3 is 5.32 Å². The summed E-state index contributed by atoms with van der Waals surface area (Å²) in [5.41, 5.74) is 4.77. The van der Waals surface area contributed by atoms with Crippen molar-refractivity contribution in [3.8, 4) is 10.4 Å². The molecule has 4 rings (SSSR count). The first-order valence-corrected chi connectivity index (χ1v) is 11.9. The smallest absolute Gasteiger partial charge is 0.272 e. The SMILES string of the molecule is CCn1c(SCC(=O)Nc2ccc(C)c(C)c2)nc2cc(-c3ccccc3)sc2c1=O. The molecule has 0 spiro atoms. The molecule has 1 amide bonds. The second kappa shape index (κ2) is 9.08. The van der Waals surface area contributed by atoms with Crippen molar-refractivity contribution in [2.45, 2.75) is 32.5 Å². The van der Waals surface area contributed by atoms with E-state index in [4.69, 9.17) is 4.98 Å². The predicted octanol–water partition coefficient (Wildman–Crippen LogP) is 5.49. The van der Waals surface area contributed by atoms with Crippen LogP contribution in [0.2, 0.25) is 0 Å². The number of fused-ring (bicyclic) bond motifs is 1. The van der Waals surface area contributed by atoms with E-state index in [1.54, 1.807) is 4.57 Å². The van der Waals surface area contributed by atoms with Gasteiger partial charge in [-0.3, -0.25) is 14.2 Å². The molecule has 2 heterocycles. The molecule has 0 radical (unpaired) electrons. The maximum absolute atomic E-state index is 13.0. The van der Waals surface area contributed by atoms with Gasteiger partial charge in [-0.2, -0.15) is 0 Å². The lowest BCUT2D eigenvalue weighted by molar-refractivity contribution is -0.113. The molecule has 0 atom stereocenters. The Balaban J connectivity index is 1.57. The number of hydrogen-bond acceptors (Lipinski definition) is 5. The van der Waals surface area contributed by atoms with Crippen LogP contribution in [0.15, 0.2) is 64.5 Å². The predicted molar refractivity (Wildman–Crippen MR) is 130 cm³/mol. The number of thioether (sulfide) groups is 1. The topological polar surface area (TPSA) is 64.0 Å². The molecule has 158 valence electrons. The number of aryl methyl sites for hydroxylation is 2. The Hall–Kier alpha value is -2.90. The minimum atomic E-state index is -0.124. The second-order valence-corrected chi connectivity index (χ2v) is 9.27. The van der Waals surface area contributed by atoms with Gasteiger partial charge in [-0.15, -0.1) is 11.3 Å². The van der Waals surface area contributed by atoms with E-state index in [2.05, 4.69) is 5.32 Å². The third-order valence-corrected chi connectivity index (χ3v) is 7.23. The van der Waals surface area contributed by atoms with Crippen molar-refractivity contribution in [2.75, 3.05) is 11.1 Å². The summed E-state index contributed by atoms with van der Waals surface area (Å²) in [6.07, 6.45) is 0. The number of amides is 1. The molecule has 0 unspecified atom stereocenters. The van der Waals surface area contributed by atoms with E-state index in [-0.39, 0.29) is 17.2 Å². The van der Waals surface area contributed by atoms with Crippen LogP contribution in [0.5, 0.6) is 0 Å². The zero-order valence-electron chi connectivity index (χ0n) is 17.6. The minimum Gasteiger partial charge on any atom is -0.325 e. The van der Waals surface area contributed by atoms with Crippen molar-refractivity contribution >= 4 is 44.9 Å². The highest BCUT2D eigenvalue weighted by Gasteiger charge is 2.16. The van der Waals surface area contributed by atoms with Crippen LogP contribution in [-0.2, 0) is 11.3 Å². The van der Waals surface area contributed by atoms with Gasteiger partial charge in [0.2, 0.25) is 5.91 Å². The van der Waals surface area contributed by atoms with E-state index in [9.17, 15) is 9.59 Å². The average Bonchev–Trinajstić information content (AvgIpc) is 3.20. The number of nitrogens with one attached hydrogen (secondary N) is 1. The maximum Gasteiger partial charge on any atom is 0.272 e. The molecule has 1 N–H and O–H groups in total. The highest BCUT2D eigenvalue weighted by molar-refractivity contribution is 7.99. The summed E-state index contributed by atoms with van der Waals surface area (Å²) in [6.45, 7) is 6.47. The van der Waals surface area contributed by atoms with Crippen LogP contribution in [0.1, 0.15) is 18.1 Å². The first kappa shape index (κ1) is 21.3. The van der Waals surface area contributed by atoms with Crippen molar-refractivity contribution in [3.05, 3.63) is 76.1 Å². The van der Waals surface area contributed by atoms with Gasteiger partial charge in [0.15, 0.2) is 5.16 Å². The van der Waals surface area contributed by atoms with E-state index < -0.39 is 0 Å². The standard InChI is InChI=1S/C24H23N3O2S2/c1-4-27-23(29)22-19(13-20(31-22)17-8-6-5-7-9-17)26-24(27)30-14-21(28)25-18-11-10-15(2)16(3)12-18/h5-13H,4,14H2,1-3H3,(H,25,28). The summed E-state index contributed by atoms with van der Waals surface area (Å²) in [5.74, 6) is 0.0566. The summed E-state index contributed by atoms with van der Waals surface area (Å²) in [6, 6.07) is 17.8. The van der Waals surface area contributed by atoms with Gasteiger partial charge in [0.25, 0.3) is 5.56 Å². The highest BCUT2D eigenvalue weighted by atomic mass is 32.2. The van der Waals surface area contributed by atoms with Crippen LogP contribution in [0.3, 0.4) is 0 Å². The number of carbonyl (C=O) groups is 1. The van der Waals surface area contributed by atoms with Crippen molar-refractivity contribution in [1.29, 1.82) is 0 Å². The van der Waals surface area contributed by atoms with Gasteiger partial charge in [-0.1, -0.05) is 48.2 Å². The number of nitrogens with zero attached hydrogens (tertiary/aromatic N) is 2. The van der Waals surface area contributed by atoms with Gasteiger partial charge in [-0.05, 0) is 55.7 Å². The number of carbonyl (C=O) groups excluding carboxylic acids is 1. The summed E-state index contributed by atoms with van der Waals surface area (Å²) in [7, 11) is 0. The van der Waals surface area contributed by atoms with Crippen LogP contribution in [0.25, 0.3) is 20.7 Å². The summed E-state index contributed by atoms with van der Waals surface area (Å²) in [4.78, 5) is 31.2. The van der Waals surface area contributed by atoms with Crippen LogP contribution in [0.4, 0.5) is 5.69 Å². The molecule has 5 nitrogen and oxygen atoms in total. The normalized spacial score (nSPS) is 11.1. The van der Waals surface area contributed by atoms with Gasteiger partial charge in [0, 0.05) is 17.1 Å². The van der Waals surface area contributed by atoms with Crippen LogP contribution in [0, 0.1) is 13.8 Å². The Morgan fingerprint density at radius 2 is 1.87 bits per heavy atom. The van der Waals surface area contributed by atoms with Gasteiger partial charge in [-0.25, -0.2) is 4.98 Å². The molecule has 0 aliphatic rings. The molecule has 2 aromatic heterocycles. The molecule has 7 heteroatoms. The molecule has 0 saturated heterocycles. The largest absolute Gasteiger partial charge is 0.325 e. The summed E-state index contributed by atoms with van der Waals surface area (Å²) < 4.78 is 2.28. The summed E-state index contributed by atoms with van der Waals surface area (Å²) in [5, 5.41) is 3.48. The molecular formula is C24H23N3O2S2. The minimum absolute atomic E-state index is 0.0586. The molecule has 0 bridgehead atoms. The Labute approximate surface area is 189 Å². The highest BCUT2D eigenvalue weighted by Crippen LogP contribution is 2.32. The van der Waals surface area contributed by atoms with Crippen molar-refractivity contribution in [2.24, 2.45) is 0 Å². The zero-order valence-corrected chi connectivity index (χ0v) is 19.3. The van der Waals surface area contributed by atoms with Gasteiger partial charge >= 0.3 is 0 Å². The Morgan fingerprint density at radius 1 is 1.10 bits per heavy atom. The van der Waals surface area contributed by atoms with Gasteiger partial charge in [0.05, 0.1) is 11.3 Å². The number of rotatable bonds is 6. The lowest BCUT2D eigenvalue weighted by atomic mass is 10.1.